The minimum atomic E-state index is -2.79. The molecule has 188 valence electrons. The molecule has 2 aliphatic carbocycles. The van der Waals surface area contributed by atoms with Crippen molar-refractivity contribution in [1.82, 2.24) is 0 Å². The Kier molecular flexibility index (Phi) is 11.7. The normalized spacial score (nSPS) is 17.2. The number of halogens is 2. The fourth-order valence-electron chi connectivity index (χ4n) is 3.74. The van der Waals surface area contributed by atoms with Crippen LogP contribution in [-0.4, -0.2) is 18.1 Å². The summed E-state index contributed by atoms with van der Waals surface area (Å²) >= 11 is 0. The minimum absolute atomic E-state index is 0.167. The average molecular weight is 466 g/mol. The Balaban J connectivity index is 0.000000274. The van der Waals surface area contributed by atoms with Crippen LogP contribution in [0.25, 0.3) is 0 Å². The van der Waals surface area contributed by atoms with Crippen LogP contribution in [0.2, 0.25) is 0 Å². The molecule has 0 heterocycles. The molecule has 0 amide bonds. The molecular weight excluding hydrogens is 420 g/mol. The number of ketones is 1. The van der Waals surface area contributed by atoms with Crippen molar-refractivity contribution in [3.05, 3.63) is 23.8 Å². The quantitative estimate of drug-likeness (QED) is 0.359. The predicted octanol–water partition coefficient (Wildman–Crippen LogP) is 9.09. The van der Waals surface area contributed by atoms with Crippen molar-refractivity contribution in [2.75, 3.05) is 0 Å². The van der Waals surface area contributed by atoms with E-state index in [0.29, 0.717) is 12.2 Å². The van der Waals surface area contributed by atoms with Crippen molar-refractivity contribution in [1.29, 1.82) is 0 Å². The summed E-state index contributed by atoms with van der Waals surface area (Å²) in [4.78, 5) is 15.5. The zero-order valence-corrected chi connectivity index (χ0v) is 22.1. The lowest BCUT2D eigenvalue weighted by Gasteiger charge is -2.33. The molecule has 2 fully saturated rings. The fraction of sp³-hybridized carbons (Fsp3) is 0.714. The third kappa shape index (κ3) is 11.8. The van der Waals surface area contributed by atoms with Crippen LogP contribution in [0.3, 0.4) is 0 Å². The molecule has 0 spiro atoms. The monoisotopic (exact) mass is 465 g/mol. The van der Waals surface area contributed by atoms with Gasteiger partial charge in [-0.15, -0.1) is 0 Å². The number of benzene rings is 1. The number of rotatable bonds is 8. The summed E-state index contributed by atoms with van der Waals surface area (Å²) < 4.78 is 28.2. The highest BCUT2D eigenvalue weighted by atomic mass is 19.3. The Bertz CT molecular complexity index is 774. The lowest BCUT2D eigenvalue weighted by molar-refractivity contribution is -0.120. The Morgan fingerprint density at radius 2 is 1.76 bits per heavy atom. The second-order valence-electron chi connectivity index (χ2n) is 10.9. The molecule has 2 aliphatic rings. The van der Waals surface area contributed by atoms with Crippen LogP contribution in [0.5, 0.6) is 5.75 Å². The molecule has 0 atom stereocenters. The molecule has 2 saturated carbocycles. The minimum Gasteiger partial charge on any atom is -0.435 e. The molecule has 0 aromatic heterocycles. The average Bonchev–Trinajstić information content (AvgIpc) is 3.55. The number of aliphatic imine (C=N–C) groups is 1. The number of carbonyl (C=O) groups is 1. The summed E-state index contributed by atoms with van der Waals surface area (Å²) in [6.45, 7) is 14.0. The summed E-state index contributed by atoms with van der Waals surface area (Å²) in [6, 6.07) is 4.75. The molecule has 33 heavy (non-hydrogen) atoms. The van der Waals surface area contributed by atoms with E-state index in [9.17, 15) is 13.6 Å². The smallest absolute Gasteiger partial charge is 0.387 e. The zero-order chi connectivity index (χ0) is 25.2. The Labute approximate surface area is 200 Å². The Morgan fingerprint density at radius 3 is 2.12 bits per heavy atom. The van der Waals surface area contributed by atoms with Gasteiger partial charge in [-0.2, -0.15) is 8.78 Å². The third-order valence-corrected chi connectivity index (χ3v) is 6.65. The highest BCUT2D eigenvalue weighted by Crippen LogP contribution is 2.47. The van der Waals surface area contributed by atoms with Crippen molar-refractivity contribution >= 4 is 17.2 Å². The van der Waals surface area contributed by atoms with E-state index in [2.05, 4.69) is 37.4 Å². The van der Waals surface area contributed by atoms with Gasteiger partial charge in [-0.05, 0) is 86.5 Å². The molecule has 3 nitrogen and oxygen atoms in total. The van der Waals surface area contributed by atoms with Gasteiger partial charge in [-0.3, -0.25) is 9.79 Å². The highest BCUT2D eigenvalue weighted by molar-refractivity contribution is 5.84. The van der Waals surface area contributed by atoms with Crippen LogP contribution in [-0.2, 0) is 4.79 Å². The number of nitrogens with zero attached hydrogens (tertiary/aromatic N) is 1. The molecule has 1 aromatic carbocycles. The molecule has 3 rings (SSSR count). The van der Waals surface area contributed by atoms with E-state index in [1.54, 1.807) is 12.1 Å². The number of ether oxygens (including phenoxy) is 1. The first-order valence-electron chi connectivity index (χ1n) is 12.4. The summed E-state index contributed by atoms with van der Waals surface area (Å²) in [6.07, 6.45) is 9.40. The molecule has 5 heteroatoms. The number of hydrogen-bond acceptors (Lipinski definition) is 3. The largest absolute Gasteiger partial charge is 0.435 e. The number of alkyl halides is 2. The van der Waals surface area contributed by atoms with Crippen molar-refractivity contribution in [3.63, 3.8) is 0 Å². The van der Waals surface area contributed by atoms with E-state index in [1.165, 1.54) is 38.2 Å². The van der Waals surface area contributed by atoms with Crippen molar-refractivity contribution in [2.45, 2.75) is 113 Å². The van der Waals surface area contributed by atoms with Gasteiger partial charge in [0.15, 0.2) is 0 Å². The Hall–Kier alpha value is -1.78. The van der Waals surface area contributed by atoms with Gasteiger partial charge in [0.2, 0.25) is 0 Å². The van der Waals surface area contributed by atoms with Crippen LogP contribution < -0.4 is 4.74 Å². The van der Waals surface area contributed by atoms with E-state index < -0.39 is 6.61 Å². The third-order valence-electron chi connectivity index (χ3n) is 6.65. The van der Waals surface area contributed by atoms with Crippen LogP contribution in [0.1, 0.15) is 105 Å². The van der Waals surface area contributed by atoms with Crippen LogP contribution in [0.15, 0.2) is 23.2 Å². The van der Waals surface area contributed by atoms with Crippen LogP contribution in [0.4, 0.5) is 14.5 Å². The fourth-order valence-corrected chi connectivity index (χ4v) is 3.74. The number of hydrogen-bond donors (Lipinski definition) is 0. The zero-order valence-electron chi connectivity index (χ0n) is 22.1. The molecule has 0 saturated heterocycles. The van der Waals surface area contributed by atoms with Crippen LogP contribution in [0, 0.1) is 23.7 Å². The maximum atomic E-state index is 12.0. The summed E-state index contributed by atoms with van der Waals surface area (Å²) in [5.41, 5.74) is 3.63. The van der Waals surface area contributed by atoms with Gasteiger partial charge in [-0.1, -0.05) is 48.0 Å². The first-order valence-corrected chi connectivity index (χ1v) is 12.4. The molecule has 0 radical (unpaired) electrons. The van der Waals surface area contributed by atoms with E-state index in [-0.39, 0.29) is 11.2 Å². The van der Waals surface area contributed by atoms with Gasteiger partial charge in [0.25, 0.3) is 0 Å². The van der Waals surface area contributed by atoms with Gasteiger partial charge in [0.1, 0.15) is 11.5 Å². The molecule has 0 unspecified atom stereocenters. The molecule has 0 bridgehead atoms. The topological polar surface area (TPSA) is 38.7 Å². The molecule has 0 aliphatic heterocycles. The highest BCUT2D eigenvalue weighted by Gasteiger charge is 2.38. The van der Waals surface area contributed by atoms with Gasteiger partial charge >= 0.3 is 6.61 Å². The number of Topliss-reactive ketones (excluding diaryl/α,β-unsaturated/α-hetero) is 1. The van der Waals surface area contributed by atoms with Crippen molar-refractivity contribution < 1.29 is 18.3 Å². The van der Waals surface area contributed by atoms with E-state index >= 15 is 0 Å². The van der Waals surface area contributed by atoms with Crippen molar-refractivity contribution in [3.8, 4) is 5.75 Å². The summed E-state index contributed by atoms with van der Waals surface area (Å²) in [5.74, 6) is 1.42. The summed E-state index contributed by atoms with van der Waals surface area (Å²) in [5, 5.41) is 0. The maximum Gasteiger partial charge on any atom is 0.387 e. The second-order valence-corrected chi connectivity index (χ2v) is 10.9. The van der Waals surface area contributed by atoms with E-state index in [0.717, 1.165) is 41.1 Å². The van der Waals surface area contributed by atoms with E-state index in [1.807, 2.05) is 27.7 Å². The van der Waals surface area contributed by atoms with Gasteiger partial charge in [-0.25, -0.2) is 0 Å². The number of carbonyl (C=O) groups excluding carboxylic acids is 1. The first-order chi connectivity index (χ1) is 15.3. The Morgan fingerprint density at radius 1 is 1.18 bits per heavy atom. The predicted molar refractivity (Wildman–Crippen MR) is 135 cm³/mol. The van der Waals surface area contributed by atoms with Gasteiger partial charge in [0.05, 0.1) is 5.69 Å². The maximum absolute atomic E-state index is 12.0. The molecule has 0 N–H and O–H groups in total. The lowest BCUT2D eigenvalue weighted by Crippen LogP contribution is -2.20. The second kappa shape index (κ2) is 13.2. The molecule has 1 aromatic rings. The van der Waals surface area contributed by atoms with Gasteiger partial charge in [0, 0.05) is 18.6 Å². The molecular formula is C28H45F2NO2. The number of aryl methyl sites for hydroxylation is 1. The standard InChI is InChI=1S/C12H15F2NO.C10H18O.C6H12/c1-4-9(3)15-11-6-5-10(7-8(11)2)16-12(13)14;1-4-9(11)7-10(2,3)8-5-6-8;1-6(2)4-3-5-6/h5-7,12H,4H2,1-3H3;8H,4-7H2,1-3H3;3-5H2,1-2H3. The van der Waals surface area contributed by atoms with Crippen molar-refractivity contribution in [2.24, 2.45) is 21.7 Å². The van der Waals surface area contributed by atoms with Crippen LogP contribution >= 0.6 is 0 Å². The lowest BCUT2D eigenvalue weighted by atomic mass is 9.72. The SMILES string of the molecule is CC1(C)CCC1.CCC(=O)CC(C)(C)C1CC1.CCC(C)=Nc1ccc(OC(F)F)cc1C. The van der Waals surface area contributed by atoms with Gasteiger partial charge < -0.3 is 4.74 Å². The first kappa shape index (κ1) is 29.3. The summed E-state index contributed by atoms with van der Waals surface area (Å²) in [7, 11) is 0. The van der Waals surface area contributed by atoms with E-state index in [4.69, 9.17) is 0 Å².